The van der Waals surface area contributed by atoms with Crippen LogP contribution in [0, 0.1) is 17.8 Å². The largest absolute Gasteiger partial charge is 0.504 e. The Kier molecular flexibility index (Phi) is 10.7. The standard InChI is InChI=1S/C30H48N4O5/c1-19(35)38-24(10-6-20-7-11-27(36)29(16-20)39-23-12-14-33-15-13-23)18-28(37)22-9-8-21-4-3-5-26(25(21)17-22)34-30(31)32-2/h7,11,16,21-26,28,33,36-37H,3-6,8-10,12-15,17-18H2,1-2H3,(H3,31,32,34)/t21-,22+,24-,25+,26+,28-/m1/s1. The lowest BCUT2D eigenvalue weighted by molar-refractivity contribution is -0.148. The van der Waals surface area contributed by atoms with Crippen molar-refractivity contribution in [1.82, 2.24) is 10.6 Å². The highest BCUT2D eigenvalue weighted by Crippen LogP contribution is 2.44. The van der Waals surface area contributed by atoms with Gasteiger partial charge in [-0.3, -0.25) is 9.79 Å². The number of aliphatic imine (C=N–C) groups is 1. The molecule has 1 heterocycles. The fourth-order valence-corrected chi connectivity index (χ4v) is 6.90. The Morgan fingerprint density at radius 3 is 2.74 bits per heavy atom. The lowest BCUT2D eigenvalue weighted by Crippen LogP contribution is -2.50. The summed E-state index contributed by atoms with van der Waals surface area (Å²) in [5, 5.41) is 28.4. The molecule has 4 rings (SSSR count). The number of phenolic OH excluding ortho intramolecular Hbond substituents is 1. The molecule has 0 amide bonds. The van der Waals surface area contributed by atoms with Crippen LogP contribution >= 0.6 is 0 Å². The van der Waals surface area contributed by atoms with Crippen molar-refractivity contribution < 1.29 is 24.5 Å². The van der Waals surface area contributed by atoms with E-state index in [2.05, 4.69) is 15.6 Å². The number of benzene rings is 1. The molecule has 1 aromatic carbocycles. The number of carbonyl (C=O) groups excluding carboxylic acids is 1. The summed E-state index contributed by atoms with van der Waals surface area (Å²) in [5.74, 6) is 2.09. The Morgan fingerprint density at radius 2 is 2.00 bits per heavy atom. The molecule has 0 spiro atoms. The van der Waals surface area contributed by atoms with Crippen LogP contribution in [0.1, 0.15) is 76.7 Å². The third-order valence-corrected chi connectivity index (χ3v) is 9.01. The van der Waals surface area contributed by atoms with Crippen molar-refractivity contribution in [2.24, 2.45) is 28.5 Å². The highest BCUT2D eigenvalue weighted by atomic mass is 16.5. The number of fused-ring (bicyclic) bond motifs is 1. The molecule has 0 aromatic heterocycles. The highest BCUT2D eigenvalue weighted by Gasteiger charge is 2.40. The maximum atomic E-state index is 11.9. The lowest BCUT2D eigenvalue weighted by Gasteiger charge is -2.45. The van der Waals surface area contributed by atoms with Gasteiger partial charge in [-0.25, -0.2) is 0 Å². The van der Waals surface area contributed by atoms with Gasteiger partial charge in [0.15, 0.2) is 17.5 Å². The Hall–Kier alpha value is -2.52. The molecule has 3 fully saturated rings. The number of carbonyl (C=O) groups is 1. The van der Waals surface area contributed by atoms with Crippen molar-refractivity contribution in [2.45, 2.75) is 102 Å². The van der Waals surface area contributed by atoms with Gasteiger partial charge in [-0.2, -0.15) is 0 Å². The number of esters is 1. The number of phenols is 1. The number of aryl methyl sites for hydroxylation is 1. The molecule has 0 radical (unpaired) electrons. The monoisotopic (exact) mass is 544 g/mol. The van der Waals surface area contributed by atoms with E-state index in [9.17, 15) is 15.0 Å². The first-order valence-corrected chi connectivity index (χ1v) is 14.9. The van der Waals surface area contributed by atoms with Crippen LogP contribution < -0.4 is 21.1 Å². The van der Waals surface area contributed by atoms with E-state index in [1.165, 1.54) is 19.8 Å². The fourth-order valence-electron chi connectivity index (χ4n) is 6.90. The highest BCUT2D eigenvalue weighted by molar-refractivity contribution is 5.78. The third-order valence-electron chi connectivity index (χ3n) is 9.01. The predicted molar refractivity (Wildman–Crippen MR) is 152 cm³/mol. The quantitative estimate of drug-likeness (QED) is 0.172. The van der Waals surface area contributed by atoms with E-state index in [1.54, 1.807) is 13.1 Å². The third kappa shape index (κ3) is 8.48. The summed E-state index contributed by atoms with van der Waals surface area (Å²) in [6.07, 6.45) is 9.25. The van der Waals surface area contributed by atoms with Crippen LogP contribution in [0.4, 0.5) is 0 Å². The van der Waals surface area contributed by atoms with Crippen LogP contribution in [-0.2, 0) is 16.0 Å². The second-order valence-corrected chi connectivity index (χ2v) is 11.7. The minimum absolute atomic E-state index is 0.0936. The molecule has 1 aliphatic heterocycles. The summed E-state index contributed by atoms with van der Waals surface area (Å²) in [5.41, 5.74) is 7.00. The van der Waals surface area contributed by atoms with Gasteiger partial charge in [-0.1, -0.05) is 18.9 Å². The Balaban J connectivity index is 1.34. The van der Waals surface area contributed by atoms with Crippen molar-refractivity contribution in [3.05, 3.63) is 23.8 Å². The number of nitrogens with two attached hydrogens (primary N) is 1. The van der Waals surface area contributed by atoms with E-state index < -0.39 is 6.10 Å². The van der Waals surface area contributed by atoms with Gasteiger partial charge in [0.2, 0.25) is 0 Å². The molecule has 6 N–H and O–H groups in total. The van der Waals surface area contributed by atoms with Gasteiger partial charge in [0.05, 0.1) is 6.10 Å². The average Bonchev–Trinajstić information content (AvgIpc) is 2.93. The molecule has 0 unspecified atom stereocenters. The van der Waals surface area contributed by atoms with Crippen molar-refractivity contribution in [1.29, 1.82) is 0 Å². The average molecular weight is 545 g/mol. The van der Waals surface area contributed by atoms with Gasteiger partial charge in [0.1, 0.15) is 12.2 Å². The minimum atomic E-state index is -0.534. The summed E-state index contributed by atoms with van der Waals surface area (Å²) in [4.78, 5) is 16.0. The number of piperidine rings is 1. The molecule has 1 aromatic rings. The van der Waals surface area contributed by atoms with E-state index in [0.29, 0.717) is 48.8 Å². The van der Waals surface area contributed by atoms with Crippen LogP contribution in [0.3, 0.4) is 0 Å². The number of ether oxygens (including phenoxy) is 2. The number of guanidine groups is 1. The fraction of sp³-hybridized carbons (Fsp3) is 0.733. The minimum Gasteiger partial charge on any atom is -0.504 e. The number of nitrogens with zero attached hydrogens (tertiary/aromatic N) is 1. The van der Waals surface area contributed by atoms with E-state index >= 15 is 0 Å². The number of aliphatic hydroxyl groups excluding tert-OH is 1. The van der Waals surface area contributed by atoms with E-state index in [4.69, 9.17) is 15.2 Å². The van der Waals surface area contributed by atoms with Crippen molar-refractivity contribution in [2.75, 3.05) is 20.1 Å². The number of hydrogen-bond donors (Lipinski definition) is 5. The van der Waals surface area contributed by atoms with Crippen LogP contribution in [0.15, 0.2) is 23.2 Å². The van der Waals surface area contributed by atoms with Gasteiger partial charge < -0.3 is 36.1 Å². The Bertz CT molecular complexity index is 967. The maximum absolute atomic E-state index is 11.9. The van der Waals surface area contributed by atoms with Crippen LogP contribution in [0.2, 0.25) is 0 Å². The summed E-state index contributed by atoms with van der Waals surface area (Å²) in [6.45, 7) is 3.25. The van der Waals surface area contributed by atoms with E-state index in [-0.39, 0.29) is 29.8 Å². The molecular weight excluding hydrogens is 496 g/mol. The first-order valence-electron chi connectivity index (χ1n) is 14.9. The molecule has 2 saturated carbocycles. The maximum Gasteiger partial charge on any atom is 0.302 e. The van der Waals surface area contributed by atoms with Crippen LogP contribution in [0.5, 0.6) is 11.5 Å². The lowest BCUT2D eigenvalue weighted by atomic mass is 9.64. The van der Waals surface area contributed by atoms with Gasteiger partial charge in [0, 0.05) is 26.4 Å². The van der Waals surface area contributed by atoms with E-state index in [0.717, 1.165) is 57.2 Å². The van der Waals surface area contributed by atoms with Gasteiger partial charge in [-0.15, -0.1) is 0 Å². The molecule has 3 aliphatic rings. The molecule has 9 nitrogen and oxygen atoms in total. The van der Waals surface area contributed by atoms with Crippen LogP contribution in [-0.4, -0.2) is 66.6 Å². The molecule has 1 saturated heterocycles. The summed E-state index contributed by atoms with van der Waals surface area (Å²) in [7, 11) is 1.70. The second-order valence-electron chi connectivity index (χ2n) is 11.7. The topological polar surface area (TPSA) is 138 Å². The van der Waals surface area contributed by atoms with Crippen molar-refractivity contribution in [3.63, 3.8) is 0 Å². The first-order chi connectivity index (χ1) is 18.8. The molecule has 39 heavy (non-hydrogen) atoms. The summed E-state index contributed by atoms with van der Waals surface area (Å²) in [6, 6.07) is 5.74. The zero-order chi connectivity index (χ0) is 27.8. The molecule has 218 valence electrons. The van der Waals surface area contributed by atoms with Gasteiger partial charge in [0.25, 0.3) is 0 Å². The van der Waals surface area contributed by atoms with Crippen LogP contribution in [0.25, 0.3) is 0 Å². The SMILES string of the molecule is CN=C(N)N[C@H]1CCC[C@@H]2CC[C@H]([C@H](O)C[C@@H](CCc3ccc(O)c(OC4CCNCC4)c3)OC(C)=O)C[C@@H]21. The number of nitrogens with one attached hydrogen (secondary N) is 2. The van der Waals surface area contributed by atoms with Crippen molar-refractivity contribution in [3.8, 4) is 11.5 Å². The van der Waals surface area contributed by atoms with Crippen molar-refractivity contribution >= 4 is 11.9 Å². The normalized spacial score (nSPS) is 27.7. The van der Waals surface area contributed by atoms with Gasteiger partial charge in [-0.05, 0) is 99.9 Å². The molecule has 2 aliphatic carbocycles. The number of rotatable bonds is 10. The molecule has 9 heteroatoms. The summed E-state index contributed by atoms with van der Waals surface area (Å²) < 4.78 is 11.8. The smallest absolute Gasteiger partial charge is 0.302 e. The molecule has 6 atom stereocenters. The predicted octanol–water partition coefficient (Wildman–Crippen LogP) is 3.26. The molecular formula is C30H48N4O5. The van der Waals surface area contributed by atoms with Gasteiger partial charge >= 0.3 is 5.97 Å². The molecule has 0 bridgehead atoms. The summed E-state index contributed by atoms with van der Waals surface area (Å²) >= 11 is 0. The Labute approximate surface area is 232 Å². The number of hydrogen-bond acceptors (Lipinski definition) is 7. The zero-order valence-electron chi connectivity index (χ0n) is 23.6. The van der Waals surface area contributed by atoms with E-state index in [1.807, 2.05) is 12.1 Å². The first kappa shape index (κ1) is 29.5. The number of aromatic hydroxyl groups is 1. The number of aliphatic hydroxyl groups is 1. The second kappa shape index (κ2) is 14.2. The Morgan fingerprint density at radius 1 is 1.21 bits per heavy atom. The zero-order valence-corrected chi connectivity index (χ0v) is 23.6.